The van der Waals surface area contributed by atoms with Gasteiger partial charge in [0, 0.05) is 4.47 Å². The van der Waals surface area contributed by atoms with Gasteiger partial charge in [-0.05, 0) is 63.0 Å². The van der Waals surface area contributed by atoms with Crippen molar-refractivity contribution in [2.24, 2.45) is 0 Å². The van der Waals surface area contributed by atoms with Crippen LogP contribution in [0, 0.1) is 0 Å². The Hall–Kier alpha value is -2.38. The van der Waals surface area contributed by atoms with Crippen molar-refractivity contribution in [1.82, 2.24) is 0 Å². The lowest BCUT2D eigenvalue weighted by Crippen LogP contribution is -1.78. The van der Waals surface area contributed by atoms with Gasteiger partial charge in [0.1, 0.15) is 0 Å². The molecule has 0 aliphatic carbocycles. The molecule has 0 fully saturated rings. The van der Waals surface area contributed by atoms with Crippen molar-refractivity contribution in [3.05, 3.63) is 94.5 Å². The molecule has 1 heteroatoms. The molecule has 0 radical (unpaired) electrons. The molecule has 0 aliphatic rings. The van der Waals surface area contributed by atoms with Crippen LogP contribution in [0.4, 0.5) is 0 Å². The number of hydrogen-bond donors (Lipinski definition) is 0. The van der Waals surface area contributed by atoms with Crippen LogP contribution in [-0.4, -0.2) is 0 Å². The predicted molar refractivity (Wildman–Crippen MR) is 105 cm³/mol. The Morgan fingerprint density at radius 3 is 1.83 bits per heavy atom. The highest BCUT2D eigenvalue weighted by Crippen LogP contribution is 2.24. The first kappa shape index (κ1) is 14.2. The van der Waals surface area contributed by atoms with E-state index in [-0.39, 0.29) is 0 Å². The summed E-state index contributed by atoms with van der Waals surface area (Å²) in [5, 5.41) is 5.14. The molecule has 0 N–H and O–H groups in total. The monoisotopic (exact) mass is 358 g/mol. The maximum Gasteiger partial charge on any atom is 0.0175 e. The van der Waals surface area contributed by atoms with Crippen LogP contribution in [0.5, 0.6) is 0 Å². The lowest BCUT2D eigenvalue weighted by Gasteiger charge is -2.03. The summed E-state index contributed by atoms with van der Waals surface area (Å²) in [5.41, 5.74) is 2.42. The number of fused-ring (bicyclic) bond motifs is 2. The van der Waals surface area contributed by atoms with Crippen molar-refractivity contribution in [3.8, 4) is 0 Å². The first-order valence-corrected chi connectivity index (χ1v) is 8.43. The fourth-order valence-corrected chi connectivity index (χ4v) is 3.09. The molecule has 0 unspecified atom stereocenters. The van der Waals surface area contributed by atoms with Crippen LogP contribution in [0.25, 0.3) is 33.7 Å². The van der Waals surface area contributed by atoms with Gasteiger partial charge in [0.2, 0.25) is 0 Å². The standard InChI is InChI=1S/C22H15Br/c23-22-11-8-16(9-12-22)5-6-17-7-10-20-14-18-3-1-2-4-19(18)15-21(20)13-17/h1-15H/b6-5-. The molecule has 23 heavy (non-hydrogen) atoms. The van der Waals surface area contributed by atoms with Gasteiger partial charge < -0.3 is 0 Å². The van der Waals surface area contributed by atoms with Crippen LogP contribution < -0.4 is 0 Å². The minimum Gasteiger partial charge on any atom is -0.0616 e. The van der Waals surface area contributed by atoms with Crippen molar-refractivity contribution in [3.63, 3.8) is 0 Å². The summed E-state index contributed by atoms with van der Waals surface area (Å²) < 4.78 is 1.10. The summed E-state index contributed by atoms with van der Waals surface area (Å²) in [6, 6.07) is 28.0. The predicted octanol–water partition coefficient (Wildman–Crippen LogP) is 6.93. The molecule has 0 aromatic heterocycles. The summed E-state index contributed by atoms with van der Waals surface area (Å²) in [5.74, 6) is 0. The second-order valence-electron chi connectivity index (χ2n) is 5.69. The second-order valence-corrected chi connectivity index (χ2v) is 6.61. The Bertz CT molecular complexity index is 1010. The molecule has 0 spiro atoms. The highest BCUT2D eigenvalue weighted by atomic mass is 79.9. The van der Waals surface area contributed by atoms with Gasteiger partial charge in [0.25, 0.3) is 0 Å². The smallest absolute Gasteiger partial charge is 0.0175 e. The number of rotatable bonds is 2. The molecule has 4 aromatic rings. The third-order valence-corrected chi connectivity index (χ3v) is 4.60. The van der Waals surface area contributed by atoms with Gasteiger partial charge in [-0.3, -0.25) is 0 Å². The average molecular weight is 359 g/mol. The molecule has 4 rings (SSSR count). The van der Waals surface area contributed by atoms with E-state index in [0.29, 0.717) is 0 Å². The van der Waals surface area contributed by atoms with Crippen molar-refractivity contribution in [1.29, 1.82) is 0 Å². The van der Waals surface area contributed by atoms with E-state index in [1.165, 1.54) is 32.7 Å². The van der Waals surface area contributed by atoms with Gasteiger partial charge in [-0.1, -0.05) is 76.6 Å². The molecule has 110 valence electrons. The molecule has 0 aliphatic heterocycles. The van der Waals surface area contributed by atoms with E-state index in [2.05, 4.69) is 107 Å². The average Bonchev–Trinajstić information content (AvgIpc) is 2.59. The van der Waals surface area contributed by atoms with Crippen LogP contribution in [0.15, 0.2) is 83.3 Å². The largest absolute Gasteiger partial charge is 0.0616 e. The quantitative estimate of drug-likeness (QED) is 0.269. The van der Waals surface area contributed by atoms with Crippen LogP contribution in [0.1, 0.15) is 11.1 Å². The van der Waals surface area contributed by atoms with E-state index in [0.717, 1.165) is 4.47 Å². The van der Waals surface area contributed by atoms with Crippen molar-refractivity contribution >= 4 is 49.6 Å². The van der Waals surface area contributed by atoms with Gasteiger partial charge in [-0.2, -0.15) is 0 Å². The Kier molecular flexibility index (Phi) is 3.72. The van der Waals surface area contributed by atoms with Crippen LogP contribution >= 0.6 is 15.9 Å². The highest BCUT2D eigenvalue weighted by Gasteiger charge is 1.98. The molecule has 0 saturated heterocycles. The Morgan fingerprint density at radius 1 is 0.522 bits per heavy atom. The van der Waals surface area contributed by atoms with Gasteiger partial charge >= 0.3 is 0 Å². The summed E-state index contributed by atoms with van der Waals surface area (Å²) in [7, 11) is 0. The Balaban J connectivity index is 1.73. The molecule has 0 nitrogen and oxygen atoms in total. The van der Waals surface area contributed by atoms with Crippen LogP contribution in [0.3, 0.4) is 0 Å². The zero-order valence-electron chi connectivity index (χ0n) is 12.5. The first-order chi connectivity index (χ1) is 11.3. The minimum atomic E-state index is 1.10. The zero-order valence-corrected chi connectivity index (χ0v) is 14.1. The van der Waals surface area contributed by atoms with Gasteiger partial charge in [0.15, 0.2) is 0 Å². The Morgan fingerprint density at radius 2 is 1.09 bits per heavy atom. The molecule has 0 atom stereocenters. The summed E-state index contributed by atoms with van der Waals surface area (Å²) in [4.78, 5) is 0. The van der Waals surface area contributed by atoms with Crippen LogP contribution in [0.2, 0.25) is 0 Å². The normalized spacial score (nSPS) is 11.5. The summed E-state index contributed by atoms with van der Waals surface area (Å²) in [6.45, 7) is 0. The van der Waals surface area contributed by atoms with E-state index in [4.69, 9.17) is 0 Å². The first-order valence-electron chi connectivity index (χ1n) is 7.64. The lowest BCUT2D eigenvalue weighted by molar-refractivity contribution is 1.61. The number of halogens is 1. The third kappa shape index (κ3) is 3.06. The van der Waals surface area contributed by atoms with E-state index >= 15 is 0 Å². The van der Waals surface area contributed by atoms with Gasteiger partial charge in [-0.15, -0.1) is 0 Å². The van der Waals surface area contributed by atoms with Gasteiger partial charge in [0.05, 0.1) is 0 Å². The Labute approximate surface area is 144 Å². The number of benzene rings is 4. The molecule has 0 saturated carbocycles. The van der Waals surface area contributed by atoms with E-state index in [9.17, 15) is 0 Å². The fraction of sp³-hybridized carbons (Fsp3) is 0. The van der Waals surface area contributed by atoms with Gasteiger partial charge in [-0.25, -0.2) is 0 Å². The fourth-order valence-electron chi connectivity index (χ4n) is 2.83. The van der Waals surface area contributed by atoms with Crippen molar-refractivity contribution in [2.75, 3.05) is 0 Å². The summed E-state index contributed by atoms with van der Waals surface area (Å²) >= 11 is 3.46. The molecule has 4 aromatic carbocycles. The number of hydrogen-bond acceptors (Lipinski definition) is 0. The molecule has 0 bridgehead atoms. The SMILES string of the molecule is Brc1ccc(/C=C\c2ccc3cc4ccccc4cc3c2)cc1. The maximum atomic E-state index is 3.46. The van der Waals surface area contributed by atoms with Crippen molar-refractivity contribution < 1.29 is 0 Å². The zero-order chi connectivity index (χ0) is 15.6. The van der Waals surface area contributed by atoms with Crippen LogP contribution in [-0.2, 0) is 0 Å². The highest BCUT2D eigenvalue weighted by molar-refractivity contribution is 9.10. The van der Waals surface area contributed by atoms with E-state index in [1.807, 2.05) is 0 Å². The lowest BCUT2D eigenvalue weighted by atomic mass is 10.0. The van der Waals surface area contributed by atoms with E-state index < -0.39 is 0 Å². The summed E-state index contributed by atoms with van der Waals surface area (Å²) in [6.07, 6.45) is 4.31. The third-order valence-electron chi connectivity index (χ3n) is 4.07. The molecular weight excluding hydrogens is 344 g/mol. The van der Waals surface area contributed by atoms with Crippen molar-refractivity contribution in [2.45, 2.75) is 0 Å². The minimum absolute atomic E-state index is 1.10. The second kappa shape index (κ2) is 6.02. The van der Waals surface area contributed by atoms with E-state index in [1.54, 1.807) is 0 Å². The molecular formula is C22H15Br. The maximum absolute atomic E-state index is 3.46. The molecule has 0 heterocycles. The molecule has 0 amide bonds. The topological polar surface area (TPSA) is 0 Å².